The highest BCUT2D eigenvalue weighted by molar-refractivity contribution is 6.01. The molecule has 1 N–H and O–H groups in total. The highest BCUT2D eigenvalue weighted by Crippen LogP contribution is 2.49. The van der Waals surface area contributed by atoms with E-state index in [1.54, 1.807) is 18.5 Å². The van der Waals surface area contributed by atoms with Crippen molar-refractivity contribution in [3.63, 3.8) is 0 Å². The van der Waals surface area contributed by atoms with E-state index in [9.17, 15) is 13.6 Å². The average Bonchev–Trinajstić information content (AvgIpc) is 3.13. The van der Waals surface area contributed by atoms with Crippen LogP contribution in [0.15, 0.2) is 42.9 Å². The first kappa shape index (κ1) is 19.5. The molecule has 0 radical (unpaired) electrons. The lowest BCUT2D eigenvalue weighted by Gasteiger charge is -2.13. The lowest BCUT2D eigenvalue weighted by Crippen LogP contribution is -2.18. The molecule has 1 fully saturated rings. The summed E-state index contributed by atoms with van der Waals surface area (Å²) in [5.41, 5.74) is 4.86. The van der Waals surface area contributed by atoms with Gasteiger partial charge in [-0.25, -0.2) is 18.3 Å². The number of carbonyl (C=O) groups excluding carboxylic acids is 1. The minimum absolute atomic E-state index is 0.248. The molecule has 0 saturated heterocycles. The zero-order chi connectivity index (χ0) is 21.8. The molecule has 0 bridgehead atoms. The molecule has 0 aliphatic heterocycles. The lowest BCUT2D eigenvalue weighted by atomic mass is 10.0. The van der Waals surface area contributed by atoms with Crippen molar-refractivity contribution in [2.24, 2.45) is 5.92 Å². The van der Waals surface area contributed by atoms with Crippen molar-refractivity contribution >= 4 is 28.0 Å². The third-order valence-electron chi connectivity index (χ3n) is 5.72. The van der Waals surface area contributed by atoms with Crippen molar-refractivity contribution in [1.82, 2.24) is 19.6 Å². The van der Waals surface area contributed by atoms with Gasteiger partial charge in [-0.2, -0.15) is 5.10 Å². The van der Waals surface area contributed by atoms with Crippen molar-refractivity contribution in [2.45, 2.75) is 39.0 Å². The summed E-state index contributed by atoms with van der Waals surface area (Å²) in [6.45, 7) is 4.18. The van der Waals surface area contributed by atoms with E-state index in [0.717, 1.165) is 51.6 Å². The minimum atomic E-state index is -2.91. The third kappa shape index (κ3) is 3.41. The fourth-order valence-electron chi connectivity index (χ4n) is 3.96. The zero-order valence-corrected chi connectivity index (χ0v) is 17.2. The summed E-state index contributed by atoms with van der Waals surface area (Å²) in [5.74, 6) is -4.63. The van der Waals surface area contributed by atoms with E-state index >= 15 is 0 Å². The number of hydrogen-bond donors (Lipinski definition) is 1. The zero-order valence-electron chi connectivity index (χ0n) is 17.2. The Balaban J connectivity index is 1.56. The third-order valence-corrected chi connectivity index (χ3v) is 5.72. The van der Waals surface area contributed by atoms with Crippen LogP contribution in [0.4, 0.5) is 14.6 Å². The Labute approximate surface area is 177 Å². The topological polar surface area (TPSA) is 72.2 Å². The van der Waals surface area contributed by atoms with Gasteiger partial charge < -0.3 is 5.32 Å². The van der Waals surface area contributed by atoms with E-state index < -0.39 is 24.2 Å². The maximum atomic E-state index is 13.2. The van der Waals surface area contributed by atoms with Crippen LogP contribution in [0.2, 0.25) is 0 Å². The van der Waals surface area contributed by atoms with Crippen LogP contribution in [0, 0.1) is 12.8 Å². The number of halogens is 2. The first-order valence-electron chi connectivity index (χ1n) is 10.3. The van der Waals surface area contributed by atoms with Crippen LogP contribution in [0.1, 0.15) is 31.0 Å². The van der Waals surface area contributed by atoms with Crippen molar-refractivity contribution in [3.05, 3.63) is 54.1 Å². The van der Waals surface area contributed by atoms with Gasteiger partial charge >= 0.3 is 0 Å². The van der Waals surface area contributed by atoms with Gasteiger partial charge in [0.1, 0.15) is 11.7 Å². The molecule has 158 valence electrons. The van der Waals surface area contributed by atoms with Gasteiger partial charge in [0.15, 0.2) is 0 Å². The Hall–Kier alpha value is -3.42. The van der Waals surface area contributed by atoms with E-state index in [1.807, 2.05) is 22.8 Å². The molecule has 4 aromatic heterocycles. The number of anilines is 1. The van der Waals surface area contributed by atoms with Crippen LogP contribution in [0.25, 0.3) is 27.5 Å². The number of pyridine rings is 3. The summed E-state index contributed by atoms with van der Waals surface area (Å²) in [6.07, 6.45) is 6.78. The van der Waals surface area contributed by atoms with Crippen molar-refractivity contribution < 1.29 is 13.6 Å². The molecule has 1 saturated carbocycles. The molecule has 0 aromatic carbocycles. The second-order valence-corrected chi connectivity index (χ2v) is 8.06. The van der Waals surface area contributed by atoms with Crippen LogP contribution in [-0.2, 0) is 11.2 Å². The molecular weight excluding hydrogens is 400 g/mol. The summed E-state index contributed by atoms with van der Waals surface area (Å²) in [4.78, 5) is 20.9. The number of hydrogen-bond acceptors (Lipinski definition) is 4. The van der Waals surface area contributed by atoms with Crippen molar-refractivity contribution in [1.29, 1.82) is 0 Å². The van der Waals surface area contributed by atoms with Crippen LogP contribution < -0.4 is 5.32 Å². The first-order chi connectivity index (χ1) is 14.9. The number of alkyl halides is 2. The predicted molar refractivity (Wildman–Crippen MR) is 114 cm³/mol. The molecule has 8 heteroatoms. The highest BCUT2D eigenvalue weighted by Gasteiger charge is 2.61. The molecule has 31 heavy (non-hydrogen) atoms. The molecule has 4 aromatic rings. The second kappa shape index (κ2) is 7.08. The molecule has 1 amide bonds. The fraction of sp³-hybridized carbons (Fsp3) is 0.304. The Morgan fingerprint density at radius 1 is 1.26 bits per heavy atom. The van der Waals surface area contributed by atoms with Crippen LogP contribution in [0.3, 0.4) is 0 Å². The number of aromatic nitrogens is 4. The smallest absolute Gasteiger partial charge is 0.260 e. The second-order valence-electron chi connectivity index (χ2n) is 8.06. The van der Waals surface area contributed by atoms with Crippen LogP contribution >= 0.6 is 0 Å². The number of nitrogens with one attached hydrogen (secondary N) is 1. The van der Waals surface area contributed by atoms with Crippen molar-refractivity contribution in [2.75, 3.05) is 5.32 Å². The Kier molecular flexibility index (Phi) is 4.46. The van der Waals surface area contributed by atoms with Gasteiger partial charge in [0, 0.05) is 40.8 Å². The minimum Gasteiger partial charge on any atom is -0.310 e. The number of amides is 1. The molecular formula is C23H21F2N5O. The molecule has 1 unspecified atom stereocenters. The quantitative estimate of drug-likeness (QED) is 0.503. The van der Waals surface area contributed by atoms with E-state index in [4.69, 9.17) is 0 Å². The highest BCUT2D eigenvalue weighted by atomic mass is 19.3. The maximum absolute atomic E-state index is 13.2. The standard InChI is InChI=1S/C23H21F2N5O/c1-3-4-15-7-13(2)17(12-26-15)20-8-14-11-27-21(29-22(31)18-10-23(18,24)25)9-16(14)19-5-6-28-30(19)20/h5-9,11-12,18H,3-4,10H2,1-2H3,(H,27,29,31). The van der Waals surface area contributed by atoms with E-state index in [2.05, 4.69) is 40.3 Å². The van der Waals surface area contributed by atoms with Gasteiger partial charge in [0.25, 0.3) is 5.92 Å². The maximum Gasteiger partial charge on any atom is 0.260 e. The average molecular weight is 421 g/mol. The van der Waals surface area contributed by atoms with E-state index in [1.165, 1.54) is 0 Å². The molecule has 0 spiro atoms. The van der Waals surface area contributed by atoms with Gasteiger partial charge in [-0.05, 0) is 43.2 Å². The molecule has 1 aliphatic rings. The van der Waals surface area contributed by atoms with Crippen LogP contribution in [-0.4, -0.2) is 31.4 Å². The number of aryl methyl sites for hydroxylation is 2. The fourth-order valence-corrected chi connectivity index (χ4v) is 3.96. The molecule has 5 rings (SSSR count). The summed E-state index contributed by atoms with van der Waals surface area (Å²) < 4.78 is 28.2. The molecule has 1 aliphatic carbocycles. The Bertz CT molecular complexity index is 1330. The largest absolute Gasteiger partial charge is 0.310 e. The number of fused-ring (bicyclic) bond motifs is 3. The number of rotatable bonds is 5. The van der Waals surface area contributed by atoms with Crippen LogP contribution in [0.5, 0.6) is 0 Å². The summed E-state index contributed by atoms with van der Waals surface area (Å²) in [7, 11) is 0. The number of carbonyl (C=O) groups is 1. The monoisotopic (exact) mass is 421 g/mol. The van der Waals surface area contributed by atoms with Gasteiger partial charge in [0.05, 0.1) is 17.4 Å². The first-order valence-corrected chi connectivity index (χ1v) is 10.3. The Morgan fingerprint density at radius 3 is 2.77 bits per heavy atom. The Morgan fingerprint density at radius 2 is 2.06 bits per heavy atom. The van der Waals surface area contributed by atoms with Gasteiger partial charge in [-0.15, -0.1) is 0 Å². The normalized spacial score (nSPS) is 17.2. The summed E-state index contributed by atoms with van der Waals surface area (Å²) >= 11 is 0. The van der Waals surface area contributed by atoms with Gasteiger partial charge in [0.2, 0.25) is 5.91 Å². The van der Waals surface area contributed by atoms with Gasteiger partial charge in [-0.1, -0.05) is 13.3 Å². The summed E-state index contributed by atoms with van der Waals surface area (Å²) in [5, 5.41) is 8.67. The van der Waals surface area contributed by atoms with E-state index in [0.29, 0.717) is 0 Å². The lowest BCUT2D eigenvalue weighted by molar-refractivity contribution is -0.119. The predicted octanol–water partition coefficient (Wildman–Crippen LogP) is 4.80. The summed E-state index contributed by atoms with van der Waals surface area (Å²) in [6, 6.07) is 7.65. The molecule has 6 nitrogen and oxygen atoms in total. The van der Waals surface area contributed by atoms with Crippen molar-refractivity contribution in [3.8, 4) is 11.3 Å². The van der Waals surface area contributed by atoms with Gasteiger partial charge in [-0.3, -0.25) is 9.78 Å². The molecule has 1 atom stereocenters. The molecule has 4 heterocycles. The SMILES string of the molecule is CCCc1cc(C)c(-c2cc3cnc(NC(=O)C4CC4(F)F)cc3c3ccnn23)cn1. The number of nitrogens with zero attached hydrogens (tertiary/aromatic N) is 4. The van der Waals surface area contributed by atoms with E-state index in [-0.39, 0.29) is 5.82 Å².